The lowest BCUT2D eigenvalue weighted by molar-refractivity contribution is -0.135. The molecule has 1 fully saturated rings. The number of imidazole rings is 1. The molecule has 17 nitrogen and oxygen atoms in total. The number of nitrogens with zero attached hydrogens (tertiary/aromatic N) is 1. The monoisotopic (exact) mass is 737 g/mol. The van der Waals surface area contributed by atoms with Gasteiger partial charge in [0, 0.05) is 57.0 Å². The van der Waals surface area contributed by atoms with Crippen molar-refractivity contribution in [3.63, 3.8) is 0 Å². The van der Waals surface area contributed by atoms with Crippen molar-refractivity contribution in [3.8, 4) is 0 Å². The molecule has 1 aliphatic rings. The Morgan fingerprint density at radius 2 is 1.62 bits per heavy atom. The maximum atomic E-state index is 14.0. The summed E-state index contributed by atoms with van der Waals surface area (Å²) in [5.41, 5.74) is 6.74. The third kappa shape index (κ3) is 14.1. The first-order valence-corrected chi connectivity index (χ1v) is 17.9. The molecule has 7 amide bonds. The molecule has 6 atom stereocenters. The number of aromatic nitrogens is 2. The second-order valence-electron chi connectivity index (χ2n) is 13.2. The van der Waals surface area contributed by atoms with Gasteiger partial charge in [-0.2, -0.15) is 0 Å². The topological polar surface area (TPSA) is 263 Å². The Balaban J connectivity index is 2.00. The number of rotatable bonds is 11. The Labute approximate surface area is 308 Å². The van der Waals surface area contributed by atoms with Gasteiger partial charge in [0.05, 0.1) is 12.4 Å². The van der Waals surface area contributed by atoms with Gasteiger partial charge in [-0.1, -0.05) is 50.1 Å². The zero-order valence-corrected chi connectivity index (χ0v) is 30.4. The van der Waals surface area contributed by atoms with Gasteiger partial charge in [0.25, 0.3) is 0 Å². The van der Waals surface area contributed by atoms with Gasteiger partial charge < -0.3 is 42.6 Å². The van der Waals surface area contributed by atoms with E-state index in [0.717, 1.165) is 6.42 Å². The molecule has 53 heavy (non-hydrogen) atoms. The van der Waals surface area contributed by atoms with Crippen molar-refractivity contribution >= 4 is 47.1 Å². The molecule has 2 heterocycles. The molecule has 288 valence electrons. The number of nitrogens with two attached hydrogens (primary N) is 1. The van der Waals surface area contributed by atoms with E-state index in [1.165, 1.54) is 26.4 Å². The summed E-state index contributed by atoms with van der Waals surface area (Å²) in [7, 11) is 0. The number of amides is 7. The average Bonchev–Trinajstić information content (AvgIpc) is 3.63. The van der Waals surface area contributed by atoms with Gasteiger partial charge in [-0.25, -0.2) is 4.98 Å². The summed E-state index contributed by atoms with van der Waals surface area (Å²) in [5.74, 6) is -6.01. The van der Waals surface area contributed by atoms with Crippen LogP contribution in [-0.2, 0) is 51.2 Å². The van der Waals surface area contributed by atoms with Crippen LogP contribution in [0.1, 0.15) is 77.0 Å². The lowest BCUT2D eigenvalue weighted by Crippen LogP contribution is -2.59. The number of carbonyl (C=O) groups excluding carboxylic acids is 8. The van der Waals surface area contributed by atoms with E-state index in [0.29, 0.717) is 24.1 Å². The number of primary amides is 1. The number of hydrogen-bond acceptors (Lipinski definition) is 9. The van der Waals surface area contributed by atoms with Crippen LogP contribution in [0.3, 0.4) is 0 Å². The zero-order valence-electron chi connectivity index (χ0n) is 30.4. The highest BCUT2D eigenvalue weighted by Gasteiger charge is 2.33. The van der Waals surface area contributed by atoms with Gasteiger partial charge in [-0.3, -0.25) is 38.4 Å². The number of aromatic amines is 1. The number of benzene rings is 1. The molecule has 3 rings (SSSR count). The first-order chi connectivity index (χ1) is 25.3. The number of carbonyl (C=O) groups is 8. The molecular weight excluding hydrogens is 686 g/mol. The second kappa shape index (κ2) is 21.0. The third-order valence-electron chi connectivity index (χ3n) is 8.87. The number of unbranched alkanes of at least 4 members (excludes halogenated alkanes) is 1. The van der Waals surface area contributed by atoms with Crippen LogP contribution in [-0.4, -0.2) is 93.9 Å². The molecule has 1 aliphatic heterocycles. The maximum Gasteiger partial charge on any atom is 0.243 e. The molecule has 0 radical (unpaired) electrons. The van der Waals surface area contributed by atoms with E-state index in [1.54, 1.807) is 30.3 Å². The number of ketones is 1. The van der Waals surface area contributed by atoms with E-state index in [9.17, 15) is 38.4 Å². The summed E-state index contributed by atoms with van der Waals surface area (Å²) in [6.07, 6.45) is 3.74. The van der Waals surface area contributed by atoms with Gasteiger partial charge in [0.15, 0.2) is 5.78 Å². The number of H-pyrrole nitrogens is 1. The molecule has 0 saturated carbocycles. The van der Waals surface area contributed by atoms with Crippen molar-refractivity contribution in [2.24, 2.45) is 11.7 Å². The predicted molar refractivity (Wildman–Crippen MR) is 192 cm³/mol. The van der Waals surface area contributed by atoms with Crippen LogP contribution in [0.15, 0.2) is 42.9 Å². The zero-order chi connectivity index (χ0) is 38.9. The Morgan fingerprint density at radius 1 is 0.943 bits per heavy atom. The summed E-state index contributed by atoms with van der Waals surface area (Å²) in [6.45, 7) is 4.63. The number of nitrogens with one attached hydrogen (secondary N) is 7. The van der Waals surface area contributed by atoms with Crippen molar-refractivity contribution in [1.82, 2.24) is 41.9 Å². The number of hydrogen-bond donors (Lipinski definition) is 8. The van der Waals surface area contributed by atoms with Crippen molar-refractivity contribution in [2.45, 2.75) is 109 Å². The molecule has 2 aromatic rings. The highest BCUT2D eigenvalue weighted by atomic mass is 16.2. The smallest absolute Gasteiger partial charge is 0.243 e. The number of Topliss-reactive ketones (excluding diaryl/α,β-unsaturated/α-hetero) is 1. The largest absolute Gasteiger partial charge is 0.369 e. The molecule has 1 saturated heterocycles. The molecule has 17 heteroatoms. The molecule has 9 N–H and O–H groups in total. The minimum Gasteiger partial charge on any atom is -0.369 e. The normalized spacial score (nSPS) is 23.1. The third-order valence-corrected chi connectivity index (χ3v) is 8.87. The summed E-state index contributed by atoms with van der Waals surface area (Å²) >= 11 is 0. The first-order valence-electron chi connectivity index (χ1n) is 17.9. The van der Waals surface area contributed by atoms with E-state index in [1.807, 2.05) is 6.92 Å². The van der Waals surface area contributed by atoms with Gasteiger partial charge in [-0.05, 0) is 31.7 Å². The fraction of sp³-hybridized carbons (Fsp3) is 0.528. The van der Waals surface area contributed by atoms with E-state index in [2.05, 4.69) is 41.9 Å². The summed E-state index contributed by atoms with van der Waals surface area (Å²) < 4.78 is 0. The van der Waals surface area contributed by atoms with E-state index in [-0.39, 0.29) is 45.1 Å². The summed E-state index contributed by atoms with van der Waals surface area (Å²) in [4.78, 5) is 112. The van der Waals surface area contributed by atoms with Crippen molar-refractivity contribution in [2.75, 3.05) is 6.54 Å². The maximum absolute atomic E-state index is 14.0. The molecule has 1 aromatic heterocycles. The lowest BCUT2D eigenvalue weighted by atomic mass is 9.95. The van der Waals surface area contributed by atoms with E-state index < -0.39 is 83.3 Å². The highest BCUT2D eigenvalue weighted by molar-refractivity contribution is 5.97. The SMILES string of the molecule is CCCC[C@H](NC(C)=O)C(=O)N[C@H]1CCC(=O)NCC[C@@H](C(N)=O)CC(=O)[C@H](C)NC(=O)[C@@H](Cc2ccccc2)NC(=O)[C@H](Cc2cnc[nH]2)NC1=O. The first kappa shape index (κ1) is 41.8. The van der Waals surface area contributed by atoms with E-state index in [4.69, 9.17) is 5.73 Å². The van der Waals surface area contributed by atoms with Crippen LogP contribution >= 0.6 is 0 Å². The quantitative estimate of drug-likeness (QED) is 0.143. The van der Waals surface area contributed by atoms with Crippen molar-refractivity contribution < 1.29 is 38.4 Å². The molecule has 0 spiro atoms. The van der Waals surface area contributed by atoms with Crippen molar-refractivity contribution in [1.29, 1.82) is 0 Å². The Kier molecular flexibility index (Phi) is 16.6. The second-order valence-corrected chi connectivity index (χ2v) is 13.2. The van der Waals surface area contributed by atoms with Gasteiger partial charge >= 0.3 is 0 Å². The van der Waals surface area contributed by atoms with Crippen molar-refractivity contribution in [3.05, 3.63) is 54.1 Å². The van der Waals surface area contributed by atoms with Crippen LogP contribution in [0.2, 0.25) is 0 Å². The van der Waals surface area contributed by atoms with Gasteiger partial charge in [-0.15, -0.1) is 0 Å². The van der Waals surface area contributed by atoms with Crippen LogP contribution < -0.4 is 37.6 Å². The molecule has 0 bridgehead atoms. The predicted octanol–water partition coefficient (Wildman–Crippen LogP) is -0.790. The fourth-order valence-electron chi connectivity index (χ4n) is 5.80. The minimum atomic E-state index is -1.33. The highest BCUT2D eigenvalue weighted by Crippen LogP contribution is 2.12. The average molecular weight is 738 g/mol. The van der Waals surface area contributed by atoms with E-state index >= 15 is 0 Å². The molecule has 1 aromatic carbocycles. The minimum absolute atomic E-state index is 0.0187. The Hall–Kier alpha value is -5.61. The Morgan fingerprint density at radius 3 is 2.26 bits per heavy atom. The van der Waals surface area contributed by atoms with Crippen LogP contribution in [0, 0.1) is 5.92 Å². The standard InChI is InChI=1S/C36H51N9O8/c1-4-5-11-26(42-22(3)46)33(50)43-27-12-13-31(48)39-15-14-24(32(37)49)17-30(47)21(2)41-35(52)28(16-23-9-7-6-8-10-23)44-36(53)29(45-34(27)51)18-25-19-38-20-40-25/h6-10,19-21,24,26-29H,4-5,11-18H2,1-3H3,(H2,37,49)(H,38,40)(H,39,48)(H,41,52)(H,42,46)(H,43,50)(H,44,53)(H,45,51)/t21-,24+,26-,27-,28+,29-/m0/s1. The van der Waals surface area contributed by atoms with Crippen LogP contribution in [0.4, 0.5) is 0 Å². The summed E-state index contributed by atoms with van der Waals surface area (Å²) in [5, 5.41) is 15.9. The van der Waals surface area contributed by atoms with Crippen LogP contribution in [0.5, 0.6) is 0 Å². The van der Waals surface area contributed by atoms with Gasteiger partial charge in [0.1, 0.15) is 24.2 Å². The molecule has 0 aliphatic carbocycles. The summed E-state index contributed by atoms with van der Waals surface area (Å²) in [6, 6.07) is 3.01. The lowest BCUT2D eigenvalue weighted by Gasteiger charge is -2.27. The van der Waals surface area contributed by atoms with Crippen LogP contribution in [0.25, 0.3) is 0 Å². The molecule has 0 unspecified atom stereocenters. The fourth-order valence-corrected chi connectivity index (χ4v) is 5.80. The Bertz CT molecular complexity index is 1580. The molecular formula is C36H51N9O8. The van der Waals surface area contributed by atoms with Gasteiger partial charge in [0.2, 0.25) is 41.4 Å².